The molecule has 7 heteroatoms. The molecule has 7 nitrogen and oxygen atoms in total. The van der Waals surface area contributed by atoms with Gasteiger partial charge in [0.15, 0.2) is 0 Å². The summed E-state index contributed by atoms with van der Waals surface area (Å²) in [5, 5.41) is 17.1. The summed E-state index contributed by atoms with van der Waals surface area (Å²) in [5.41, 5.74) is 0. The van der Waals surface area contributed by atoms with Crippen LogP contribution in [0, 0.1) is 0 Å². The highest BCUT2D eigenvalue weighted by molar-refractivity contribution is 5.62. The van der Waals surface area contributed by atoms with Crippen molar-refractivity contribution < 1.29 is 34.0 Å². The van der Waals surface area contributed by atoms with Crippen LogP contribution >= 0.6 is 0 Å². The summed E-state index contributed by atoms with van der Waals surface area (Å²) in [4.78, 5) is 9.00. The number of ether oxygens (including phenoxy) is 4. The Hall–Kier alpha value is -2.61. The molecule has 0 saturated heterocycles. The smallest absolute Gasteiger partial charge is 0.300 e. The summed E-state index contributed by atoms with van der Waals surface area (Å²) in [6.07, 6.45) is -0.699. The molecule has 2 aromatic carbocycles. The van der Waals surface area contributed by atoms with Crippen LogP contribution in [0.15, 0.2) is 54.6 Å². The van der Waals surface area contributed by atoms with Gasteiger partial charge in [-0.2, -0.15) is 0 Å². The lowest BCUT2D eigenvalue weighted by molar-refractivity contribution is -0.134. The second-order valence-electron chi connectivity index (χ2n) is 5.15. The van der Waals surface area contributed by atoms with E-state index in [9.17, 15) is 5.11 Å². The first-order valence-corrected chi connectivity index (χ1v) is 7.91. The van der Waals surface area contributed by atoms with Crippen molar-refractivity contribution in [2.24, 2.45) is 0 Å². The first-order valence-electron chi connectivity index (χ1n) is 7.91. The lowest BCUT2D eigenvalue weighted by Crippen LogP contribution is -2.23. The molecule has 0 saturated carbocycles. The molecule has 142 valence electrons. The second kappa shape index (κ2) is 12.7. The zero-order chi connectivity index (χ0) is 19.2. The summed E-state index contributed by atoms with van der Waals surface area (Å²) < 4.78 is 20.9. The quantitative estimate of drug-likeness (QED) is 0.522. The van der Waals surface area contributed by atoms with Crippen molar-refractivity contribution in [3.8, 4) is 17.2 Å². The fraction of sp³-hybridized carbons (Fsp3) is 0.316. The van der Waals surface area contributed by atoms with Gasteiger partial charge in [-0.15, -0.1) is 0 Å². The van der Waals surface area contributed by atoms with Gasteiger partial charge in [-0.1, -0.05) is 18.2 Å². The minimum atomic E-state index is -0.833. The van der Waals surface area contributed by atoms with Crippen LogP contribution in [-0.4, -0.2) is 49.4 Å². The van der Waals surface area contributed by atoms with Gasteiger partial charge < -0.3 is 29.2 Å². The van der Waals surface area contributed by atoms with Crippen LogP contribution in [0.2, 0.25) is 0 Å². The summed E-state index contributed by atoms with van der Waals surface area (Å²) in [6.45, 7) is 1.56. The Morgan fingerprint density at radius 3 is 2.08 bits per heavy atom. The van der Waals surface area contributed by atoms with Crippen molar-refractivity contribution in [3.05, 3.63) is 54.6 Å². The SMILES string of the molecule is CC(=O)O.COCOCC(O)COc1ccc(Oc2ccccc2)cc1. The van der Waals surface area contributed by atoms with Crippen molar-refractivity contribution in [3.63, 3.8) is 0 Å². The third-order valence-corrected chi connectivity index (χ3v) is 2.76. The van der Waals surface area contributed by atoms with E-state index in [1.54, 1.807) is 12.1 Å². The molecular weight excluding hydrogens is 340 g/mol. The number of rotatable bonds is 9. The van der Waals surface area contributed by atoms with Gasteiger partial charge in [0.1, 0.15) is 36.8 Å². The highest BCUT2D eigenvalue weighted by Crippen LogP contribution is 2.23. The van der Waals surface area contributed by atoms with E-state index in [4.69, 9.17) is 28.8 Å². The number of carboxylic acid groups (broad SMARTS) is 1. The van der Waals surface area contributed by atoms with Crippen LogP contribution in [0.25, 0.3) is 0 Å². The third-order valence-electron chi connectivity index (χ3n) is 2.76. The standard InChI is InChI=1S/C17H20O5.C2H4O2/c1-19-13-20-11-14(18)12-21-15-7-9-17(10-8-15)22-16-5-3-2-4-6-16;1-2(3)4/h2-10,14,18H,11-13H2,1H3;1H3,(H,3,4). The van der Waals surface area contributed by atoms with Gasteiger partial charge in [-0.25, -0.2) is 0 Å². The van der Waals surface area contributed by atoms with E-state index in [1.165, 1.54) is 7.11 Å². The van der Waals surface area contributed by atoms with Gasteiger partial charge in [-0.3, -0.25) is 4.79 Å². The summed E-state index contributed by atoms with van der Waals surface area (Å²) in [5.74, 6) is 1.33. The number of aliphatic carboxylic acids is 1. The molecule has 0 bridgehead atoms. The molecule has 0 aromatic heterocycles. The van der Waals surface area contributed by atoms with Crippen LogP contribution in [-0.2, 0) is 14.3 Å². The largest absolute Gasteiger partial charge is 0.491 e. The summed E-state index contributed by atoms with van der Waals surface area (Å²) in [7, 11) is 1.53. The van der Waals surface area contributed by atoms with Crippen LogP contribution in [0.1, 0.15) is 6.92 Å². The number of hydrogen-bond donors (Lipinski definition) is 2. The molecule has 2 aromatic rings. The van der Waals surface area contributed by atoms with Crippen molar-refractivity contribution >= 4 is 5.97 Å². The summed E-state index contributed by atoms with van der Waals surface area (Å²) in [6, 6.07) is 16.8. The molecule has 0 aliphatic carbocycles. The maximum Gasteiger partial charge on any atom is 0.300 e. The third kappa shape index (κ3) is 10.3. The molecule has 0 fully saturated rings. The number of aliphatic hydroxyl groups is 1. The Labute approximate surface area is 152 Å². The van der Waals surface area contributed by atoms with E-state index in [0.29, 0.717) is 5.75 Å². The topological polar surface area (TPSA) is 94.5 Å². The molecule has 0 aliphatic rings. The second-order valence-corrected chi connectivity index (χ2v) is 5.15. The lowest BCUT2D eigenvalue weighted by atomic mass is 10.3. The lowest BCUT2D eigenvalue weighted by Gasteiger charge is -2.13. The molecule has 0 amide bonds. The molecule has 26 heavy (non-hydrogen) atoms. The Balaban J connectivity index is 0.000000765. The maximum absolute atomic E-state index is 9.66. The van der Waals surface area contributed by atoms with Crippen LogP contribution in [0.4, 0.5) is 0 Å². The van der Waals surface area contributed by atoms with E-state index in [0.717, 1.165) is 18.4 Å². The van der Waals surface area contributed by atoms with Crippen LogP contribution < -0.4 is 9.47 Å². The fourth-order valence-electron chi connectivity index (χ4n) is 1.74. The van der Waals surface area contributed by atoms with Crippen LogP contribution in [0.3, 0.4) is 0 Å². The van der Waals surface area contributed by atoms with Crippen molar-refractivity contribution in [1.29, 1.82) is 0 Å². The van der Waals surface area contributed by atoms with Crippen LogP contribution in [0.5, 0.6) is 17.2 Å². The Kier molecular flexibility index (Phi) is 10.5. The zero-order valence-electron chi connectivity index (χ0n) is 14.8. The Morgan fingerprint density at radius 1 is 0.962 bits per heavy atom. The first kappa shape index (κ1) is 21.4. The van der Waals surface area contributed by atoms with E-state index in [1.807, 2.05) is 42.5 Å². The van der Waals surface area contributed by atoms with Crippen molar-refractivity contribution in [2.45, 2.75) is 13.0 Å². The number of aliphatic hydroxyl groups excluding tert-OH is 1. The average Bonchev–Trinajstić information content (AvgIpc) is 2.62. The summed E-state index contributed by atoms with van der Waals surface area (Å²) >= 11 is 0. The van der Waals surface area contributed by atoms with Gasteiger partial charge >= 0.3 is 0 Å². The molecule has 0 heterocycles. The van der Waals surface area contributed by atoms with E-state index >= 15 is 0 Å². The molecule has 0 spiro atoms. The number of benzene rings is 2. The van der Waals surface area contributed by atoms with Gasteiger partial charge in [-0.05, 0) is 36.4 Å². The van der Waals surface area contributed by atoms with Crippen molar-refractivity contribution in [1.82, 2.24) is 0 Å². The molecular formula is C19H24O7. The predicted octanol–water partition coefficient (Wildman–Crippen LogP) is 2.93. The number of methoxy groups -OCH3 is 1. The maximum atomic E-state index is 9.66. The number of carbonyl (C=O) groups is 1. The number of hydrogen-bond acceptors (Lipinski definition) is 6. The Morgan fingerprint density at radius 2 is 1.50 bits per heavy atom. The first-order chi connectivity index (χ1) is 12.5. The normalized spacial score (nSPS) is 11.0. The van der Waals surface area contributed by atoms with Gasteiger partial charge in [0.05, 0.1) is 6.61 Å². The molecule has 2 N–H and O–H groups in total. The number of para-hydroxylation sites is 1. The molecule has 1 unspecified atom stereocenters. The van der Waals surface area contributed by atoms with Gasteiger partial charge in [0, 0.05) is 14.0 Å². The van der Waals surface area contributed by atoms with E-state index < -0.39 is 12.1 Å². The molecule has 0 aliphatic heterocycles. The average molecular weight is 364 g/mol. The zero-order valence-corrected chi connectivity index (χ0v) is 14.8. The van der Waals surface area contributed by atoms with Crippen molar-refractivity contribution in [2.75, 3.05) is 27.1 Å². The fourth-order valence-corrected chi connectivity index (χ4v) is 1.74. The van der Waals surface area contributed by atoms with Gasteiger partial charge in [0.2, 0.25) is 0 Å². The molecule has 2 rings (SSSR count). The number of carboxylic acids is 1. The highest BCUT2D eigenvalue weighted by atomic mass is 16.7. The molecule has 0 radical (unpaired) electrons. The minimum Gasteiger partial charge on any atom is -0.491 e. The molecule has 1 atom stereocenters. The monoisotopic (exact) mass is 364 g/mol. The van der Waals surface area contributed by atoms with E-state index in [2.05, 4.69) is 0 Å². The minimum absolute atomic E-state index is 0.155. The Bertz CT molecular complexity index is 610. The van der Waals surface area contributed by atoms with Gasteiger partial charge in [0.25, 0.3) is 5.97 Å². The van der Waals surface area contributed by atoms with E-state index in [-0.39, 0.29) is 20.0 Å². The highest BCUT2D eigenvalue weighted by Gasteiger charge is 2.06. The predicted molar refractivity (Wildman–Crippen MR) is 95.6 cm³/mol.